The van der Waals surface area contributed by atoms with Crippen LogP contribution in [0.3, 0.4) is 0 Å². The van der Waals surface area contributed by atoms with Crippen LogP contribution in [0.5, 0.6) is 0 Å². The molecule has 1 heteroatoms. The van der Waals surface area contributed by atoms with E-state index in [1.165, 1.54) is 57.8 Å². The molecule has 19 heavy (non-hydrogen) atoms. The van der Waals surface area contributed by atoms with Crippen LogP contribution in [0, 0.1) is 11.3 Å². The van der Waals surface area contributed by atoms with Crippen LogP contribution in [0.15, 0.2) is 0 Å². The molecule has 0 aliphatic carbocycles. The van der Waals surface area contributed by atoms with Gasteiger partial charge in [-0.3, -0.25) is 0 Å². The Morgan fingerprint density at radius 2 is 1.32 bits per heavy atom. The molecule has 0 radical (unpaired) electrons. The molecule has 0 aromatic heterocycles. The Kier molecular flexibility index (Phi) is 9.41. The van der Waals surface area contributed by atoms with Gasteiger partial charge in [0.1, 0.15) is 0 Å². The number of halogens is 1. The van der Waals surface area contributed by atoms with Crippen LogP contribution >= 0.6 is 11.6 Å². The average Bonchev–Trinajstić information content (AvgIpc) is 2.25. The zero-order valence-corrected chi connectivity index (χ0v) is 15.1. The number of hydrogen-bond donors (Lipinski definition) is 0. The maximum absolute atomic E-state index is 6.68. The van der Waals surface area contributed by atoms with Crippen molar-refractivity contribution in [1.29, 1.82) is 0 Å². The fourth-order valence-electron chi connectivity index (χ4n) is 3.61. The fraction of sp³-hybridized carbons (Fsp3) is 1.00. The molecule has 116 valence electrons. The largest absolute Gasteiger partial charge is 0.120 e. The topological polar surface area (TPSA) is 0 Å². The molecule has 0 aromatic carbocycles. The molecule has 1 unspecified atom stereocenters. The molecule has 0 N–H and O–H groups in total. The van der Waals surface area contributed by atoms with Crippen molar-refractivity contribution in [1.82, 2.24) is 0 Å². The molecule has 0 saturated carbocycles. The maximum Gasteiger partial charge on any atom is 0.0423 e. The maximum atomic E-state index is 6.68. The van der Waals surface area contributed by atoms with Gasteiger partial charge in [-0.25, -0.2) is 0 Å². The second-order valence-electron chi connectivity index (χ2n) is 7.41. The Hall–Kier alpha value is 0.290. The lowest BCUT2D eigenvalue weighted by atomic mass is 9.68. The van der Waals surface area contributed by atoms with E-state index in [4.69, 9.17) is 11.6 Å². The third-order valence-corrected chi connectivity index (χ3v) is 4.78. The monoisotopic (exact) mass is 288 g/mol. The van der Waals surface area contributed by atoms with Crippen LogP contribution in [0.4, 0.5) is 0 Å². The second kappa shape index (κ2) is 9.27. The summed E-state index contributed by atoms with van der Waals surface area (Å²) in [6, 6.07) is 0. The number of rotatable bonds is 11. The van der Waals surface area contributed by atoms with Gasteiger partial charge in [0, 0.05) is 4.87 Å². The molecule has 0 spiro atoms. The minimum atomic E-state index is -0.0813. The molecule has 0 amide bonds. The number of unbranched alkanes of at least 4 members (excludes halogenated alkanes) is 5. The van der Waals surface area contributed by atoms with Crippen molar-refractivity contribution in [3.63, 3.8) is 0 Å². The van der Waals surface area contributed by atoms with E-state index in [2.05, 4.69) is 41.5 Å². The summed E-state index contributed by atoms with van der Waals surface area (Å²) in [7, 11) is 0. The average molecular weight is 289 g/mol. The van der Waals surface area contributed by atoms with Crippen LogP contribution in [0.25, 0.3) is 0 Å². The van der Waals surface area contributed by atoms with Gasteiger partial charge in [-0.1, -0.05) is 72.6 Å². The molecule has 0 aliphatic heterocycles. The van der Waals surface area contributed by atoms with E-state index in [1.807, 2.05) is 0 Å². The van der Waals surface area contributed by atoms with Crippen LogP contribution < -0.4 is 0 Å². The normalized spacial score (nSPS) is 14.7. The third-order valence-electron chi connectivity index (χ3n) is 4.51. The molecule has 1 atom stereocenters. The zero-order chi connectivity index (χ0) is 14.9. The minimum Gasteiger partial charge on any atom is -0.120 e. The third kappa shape index (κ3) is 8.23. The van der Waals surface area contributed by atoms with Crippen LogP contribution in [-0.2, 0) is 0 Å². The Labute approximate surface area is 127 Å². The summed E-state index contributed by atoms with van der Waals surface area (Å²) in [6.07, 6.45) is 12.1. The highest BCUT2D eigenvalue weighted by Crippen LogP contribution is 2.44. The van der Waals surface area contributed by atoms with Gasteiger partial charge in [-0.05, 0) is 38.0 Å². The summed E-state index contributed by atoms with van der Waals surface area (Å²) >= 11 is 6.68. The van der Waals surface area contributed by atoms with Crippen molar-refractivity contribution in [3.8, 4) is 0 Å². The van der Waals surface area contributed by atoms with Gasteiger partial charge in [0.2, 0.25) is 0 Å². The first-order valence-corrected chi connectivity index (χ1v) is 8.82. The van der Waals surface area contributed by atoms with Crippen molar-refractivity contribution >= 4 is 11.6 Å². The van der Waals surface area contributed by atoms with Crippen LogP contribution in [-0.4, -0.2) is 4.87 Å². The van der Waals surface area contributed by atoms with E-state index >= 15 is 0 Å². The number of hydrogen-bond acceptors (Lipinski definition) is 0. The van der Waals surface area contributed by atoms with Crippen molar-refractivity contribution in [2.45, 2.75) is 104 Å². The fourth-order valence-corrected chi connectivity index (χ4v) is 4.01. The van der Waals surface area contributed by atoms with Crippen LogP contribution in [0.1, 0.15) is 99.3 Å². The minimum absolute atomic E-state index is 0.0813. The molecule has 0 nitrogen and oxygen atoms in total. The van der Waals surface area contributed by atoms with Gasteiger partial charge in [0.05, 0.1) is 0 Å². The van der Waals surface area contributed by atoms with Crippen LogP contribution in [0.2, 0.25) is 0 Å². The summed E-state index contributed by atoms with van der Waals surface area (Å²) in [5.74, 6) is 0.618. The molecule has 0 fully saturated rings. The molecule has 0 aliphatic rings. The van der Waals surface area contributed by atoms with Gasteiger partial charge in [0.25, 0.3) is 0 Å². The Bertz CT molecular complexity index is 212. The Morgan fingerprint density at radius 3 is 1.79 bits per heavy atom. The molecule has 0 heterocycles. The summed E-state index contributed by atoms with van der Waals surface area (Å²) in [4.78, 5) is -0.0813. The molecule has 0 bridgehead atoms. The Morgan fingerprint density at radius 1 is 0.789 bits per heavy atom. The molecular weight excluding hydrogens is 252 g/mol. The van der Waals surface area contributed by atoms with E-state index in [0.717, 1.165) is 0 Å². The quantitative estimate of drug-likeness (QED) is 0.278. The highest BCUT2D eigenvalue weighted by molar-refractivity contribution is 6.23. The van der Waals surface area contributed by atoms with E-state index in [1.54, 1.807) is 0 Å². The second-order valence-corrected chi connectivity index (χ2v) is 8.39. The van der Waals surface area contributed by atoms with Crippen molar-refractivity contribution in [2.75, 3.05) is 0 Å². The lowest BCUT2D eigenvalue weighted by Gasteiger charge is -2.42. The standard InChI is InChI=1S/C18H37Cl/c1-7-9-10-11-12-13-14-16(18(5,6)19)17(3,4)15-8-2/h16H,7-15H2,1-6H3. The van der Waals surface area contributed by atoms with Gasteiger partial charge < -0.3 is 0 Å². The summed E-state index contributed by atoms with van der Waals surface area (Å²) < 4.78 is 0. The number of alkyl halides is 1. The molecule has 0 rings (SSSR count). The highest BCUT2D eigenvalue weighted by Gasteiger charge is 2.38. The first-order valence-electron chi connectivity index (χ1n) is 8.44. The zero-order valence-electron chi connectivity index (χ0n) is 14.3. The lowest BCUT2D eigenvalue weighted by molar-refractivity contribution is 0.141. The molecule has 0 saturated heterocycles. The lowest BCUT2D eigenvalue weighted by Crippen LogP contribution is -2.37. The first-order chi connectivity index (χ1) is 8.75. The predicted molar refractivity (Wildman–Crippen MR) is 90.1 cm³/mol. The van der Waals surface area contributed by atoms with E-state index in [9.17, 15) is 0 Å². The highest BCUT2D eigenvalue weighted by atomic mass is 35.5. The van der Waals surface area contributed by atoms with Crippen molar-refractivity contribution < 1.29 is 0 Å². The summed E-state index contributed by atoms with van der Waals surface area (Å²) in [5, 5.41) is 0. The summed E-state index contributed by atoms with van der Waals surface area (Å²) in [6.45, 7) is 13.8. The van der Waals surface area contributed by atoms with Gasteiger partial charge in [0.15, 0.2) is 0 Å². The smallest absolute Gasteiger partial charge is 0.0423 e. The van der Waals surface area contributed by atoms with E-state index in [-0.39, 0.29) is 4.87 Å². The first kappa shape index (κ1) is 19.3. The van der Waals surface area contributed by atoms with Crippen molar-refractivity contribution in [3.05, 3.63) is 0 Å². The van der Waals surface area contributed by atoms with Gasteiger partial charge >= 0.3 is 0 Å². The molecule has 0 aromatic rings. The SMILES string of the molecule is CCCCCCCCC(C(C)(C)Cl)C(C)(C)CCC. The van der Waals surface area contributed by atoms with Gasteiger partial charge in [-0.15, -0.1) is 11.6 Å². The van der Waals surface area contributed by atoms with E-state index < -0.39 is 0 Å². The Balaban J connectivity index is 4.23. The van der Waals surface area contributed by atoms with Crippen molar-refractivity contribution in [2.24, 2.45) is 11.3 Å². The van der Waals surface area contributed by atoms with Gasteiger partial charge in [-0.2, -0.15) is 0 Å². The predicted octanol–water partition coefficient (Wildman–Crippen LogP) is 7.20. The van der Waals surface area contributed by atoms with E-state index in [0.29, 0.717) is 11.3 Å². The molecular formula is C18H37Cl. The summed E-state index contributed by atoms with van der Waals surface area (Å²) in [5.41, 5.74) is 0.365.